The number of carbonyl (C=O) groups excluding carboxylic acids is 3. The van der Waals surface area contributed by atoms with Crippen LogP contribution in [0.25, 0.3) is 0 Å². The second kappa shape index (κ2) is 10.6. The number of rotatable bonds is 7. The molecule has 1 saturated heterocycles. The average molecular weight is 496 g/mol. The van der Waals surface area contributed by atoms with Crippen LogP contribution in [0.3, 0.4) is 0 Å². The van der Waals surface area contributed by atoms with Gasteiger partial charge in [0.1, 0.15) is 6.04 Å². The van der Waals surface area contributed by atoms with E-state index in [1.54, 1.807) is 31.3 Å². The standard InChI is InChI=1S/C27H30ClN3O4/c1-3-16-13-14-18-23(22(16)25(33)29-2)27(35)31(21(15-32)17-9-5-4-6-10-17)24(18)26(34)30-20-12-8-7-11-19(20)28/h4-14,16,18,21-24,32H,3,15H2,1-2H3,(H,29,33)(H,30,34)/t16-,18+,21-,22-,23+,24+/m1/s1. The molecule has 0 spiro atoms. The first kappa shape index (κ1) is 24.9. The monoisotopic (exact) mass is 495 g/mol. The molecule has 6 atom stereocenters. The first-order valence-electron chi connectivity index (χ1n) is 11.9. The number of hydrogen-bond donors (Lipinski definition) is 3. The molecule has 3 amide bonds. The summed E-state index contributed by atoms with van der Waals surface area (Å²) in [6.45, 7) is 1.61. The number of para-hydroxylation sites is 1. The van der Waals surface area contributed by atoms with Crippen LogP contribution in [-0.2, 0) is 14.4 Å². The Morgan fingerprint density at radius 1 is 1.06 bits per heavy atom. The molecule has 1 fully saturated rings. The van der Waals surface area contributed by atoms with Gasteiger partial charge in [0.25, 0.3) is 0 Å². The quantitative estimate of drug-likeness (QED) is 0.512. The molecule has 2 aliphatic rings. The maximum atomic E-state index is 14.0. The zero-order valence-electron chi connectivity index (χ0n) is 19.7. The van der Waals surface area contributed by atoms with E-state index >= 15 is 0 Å². The van der Waals surface area contributed by atoms with E-state index < -0.39 is 35.7 Å². The van der Waals surface area contributed by atoms with Crippen LogP contribution in [0.2, 0.25) is 5.02 Å². The van der Waals surface area contributed by atoms with Gasteiger partial charge in [0.15, 0.2) is 0 Å². The normalized spacial score (nSPS) is 26.2. The number of halogens is 1. The first-order valence-corrected chi connectivity index (χ1v) is 12.2. The Labute approximate surface area is 210 Å². The van der Waals surface area contributed by atoms with Gasteiger partial charge in [-0.05, 0) is 30.0 Å². The lowest BCUT2D eigenvalue weighted by Crippen LogP contribution is -2.47. The van der Waals surface area contributed by atoms with Crippen LogP contribution in [0.15, 0.2) is 66.7 Å². The predicted molar refractivity (Wildman–Crippen MR) is 134 cm³/mol. The van der Waals surface area contributed by atoms with Gasteiger partial charge in [-0.2, -0.15) is 0 Å². The van der Waals surface area contributed by atoms with Gasteiger partial charge in [-0.15, -0.1) is 0 Å². The fourth-order valence-corrected chi connectivity index (χ4v) is 5.67. The minimum atomic E-state index is -0.928. The molecule has 184 valence electrons. The number of likely N-dealkylation sites (tertiary alicyclic amines) is 1. The number of carbonyl (C=O) groups is 3. The number of nitrogens with one attached hydrogen (secondary N) is 2. The molecule has 4 rings (SSSR count). The van der Waals surface area contributed by atoms with Gasteiger partial charge in [-0.1, -0.05) is 73.1 Å². The number of aliphatic hydroxyl groups is 1. The minimum Gasteiger partial charge on any atom is -0.394 e. The SMILES string of the molecule is CC[C@@H]1C=C[C@H]2[C@H](C(=O)N([C@H](CO)c3ccccc3)[C@@H]2C(=O)Nc2ccccc2Cl)[C@@H]1C(=O)NC. The highest BCUT2D eigenvalue weighted by atomic mass is 35.5. The molecule has 8 heteroatoms. The summed E-state index contributed by atoms with van der Waals surface area (Å²) in [6, 6.07) is 14.4. The summed E-state index contributed by atoms with van der Waals surface area (Å²) >= 11 is 6.28. The number of amides is 3. The van der Waals surface area contributed by atoms with Crippen LogP contribution in [0.4, 0.5) is 5.69 Å². The van der Waals surface area contributed by atoms with Gasteiger partial charge in [-0.3, -0.25) is 14.4 Å². The third kappa shape index (κ3) is 4.58. The highest BCUT2D eigenvalue weighted by Crippen LogP contribution is 2.47. The number of aliphatic hydroxyl groups excluding tert-OH is 1. The molecule has 2 aromatic rings. The van der Waals surface area contributed by atoms with Crippen LogP contribution in [0.5, 0.6) is 0 Å². The first-order chi connectivity index (χ1) is 16.9. The van der Waals surface area contributed by atoms with Crippen molar-refractivity contribution in [1.82, 2.24) is 10.2 Å². The molecule has 0 unspecified atom stereocenters. The molecule has 7 nitrogen and oxygen atoms in total. The van der Waals surface area contributed by atoms with E-state index in [1.807, 2.05) is 49.4 Å². The Balaban J connectivity index is 1.80. The van der Waals surface area contributed by atoms with Crippen molar-refractivity contribution in [2.45, 2.75) is 25.4 Å². The number of nitrogens with zero attached hydrogens (tertiary/aromatic N) is 1. The van der Waals surface area contributed by atoms with Crippen LogP contribution in [0, 0.1) is 23.7 Å². The Morgan fingerprint density at radius 3 is 2.37 bits per heavy atom. The zero-order valence-corrected chi connectivity index (χ0v) is 20.5. The van der Waals surface area contributed by atoms with E-state index in [-0.39, 0.29) is 24.3 Å². The number of allylic oxidation sites excluding steroid dienone is 1. The highest BCUT2D eigenvalue weighted by molar-refractivity contribution is 6.33. The molecule has 0 saturated carbocycles. The summed E-state index contributed by atoms with van der Waals surface area (Å²) in [5, 5.41) is 16.3. The molecule has 3 N–H and O–H groups in total. The Morgan fingerprint density at radius 2 is 1.74 bits per heavy atom. The van der Waals surface area contributed by atoms with Crippen molar-refractivity contribution in [3.63, 3.8) is 0 Å². The summed E-state index contributed by atoms with van der Waals surface area (Å²) in [4.78, 5) is 42.2. The third-order valence-electron chi connectivity index (χ3n) is 7.16. The number of hydrogen-bond acceptors (Lipinski definition) is 4. The van der Waals surface area contributed by atoms with Gasteiger partial charge in [-0.25, -0.2) is 0 Å². The van der Waals surface area contributed by atoms with E-state index in [0.29, 0.717) is 22.7 Å². The van der Waals surface area contributed by atoms with Crippen molar-refractivity contribution >= 4 is 35.0 Å². The summed E-state index contributed by atoms with van der Waals surface area (Å²) in [5.74, 6) is -2.94. The maximum Gasteiger partial charge on any atom is 0.247 e. The average Bonchev–Trinajstić information content (AvgIpc) is 3.17. The lowest BCUT2D eigenvalue weighted by atomic mass is 9.69. The number of benzene rings is 2. The van der Waals surface area contributed by atoms with Crippen LogP contribution >= 0.6 is 11.6 Å². The van der Waals surface area contributed by atoms with Crippen LogP contribution < -0.4 is 10.6 Å². The highest BCUT2D eigenvalue weighted by Gasteiger charge is 2.58. The summed E-state index contributed by atoms with van der Waals surface area (Å²) < 4.78 is 0. The Bertz CT molecular complexity index is 1120. The third-order valence-corrected chi connectivity index (χ3v) is 7.49. The summed E-state index contributed by atoms with van der Waals surface area (Å²) in [7, 11) is 1.56. The van der Waals surface area contributed by atoms with E-state index in [9.17, 15) is 19.5 Å². The van der Waals surface area contributed by atoms with E-state index in [0.717, 1.165) is 0 Å². The minimum absolute atomic E-state index is 0.128. The van der Waals surface area contributed by atoms with E-state index in [4.69, 9.17) is 11.6 Å². The molecule has 1 aliphatic carbocycles. The lowest BCUT2D eigenvalue weighted by molar-refractivity contribution is -0.143. The predicted octanol–water partition coefficient (Wildman–Crippen LogP) is 3.41. The van der Waals surface area contributed by atoms with Gasteiger partial charge in [0.2, 0.25) is 17.7 Å². The van der Waals surface area contributed by atoms with Gasteiger partial charge in [0, 0.05) is 13.0 Å². The maximum absolute atomic E-state index is 14.0. The van der Waals surface area contributed by atoms with Crippen LogP contribution in [-0.4, -0.2) is 47.4 Å². The lowest BCUT2D eigenvalue weighted by Gasteiger charge is -2.34. The van der Waals surface area contributed by atoms with Crippen molar-refractivity contribution in [1.29, 1.82) is 0 Å². The molecular weight excluding hydrogens is 466 g/mol. The molecule has 0 aromatic heterocycles. The fraction of sp³-hybridized carbons (Fsp3) is 0.370. The number of anilines is 1. The van der Waals surface area contributed by atoms with Gasteiger partial charge in [0.05, 0.1) is 35.2 Å². The summed E-state index contributed by atoms with van der Waals surface area (Å²) in [5.41, 5.74) is 1.15. The second-order valence-corrected chi connectivity index (χ2v) is 9.38. The molecule has 0 bridgehead atoms. The van der Waals surface area contributed by atoms with E-state index in [2.05, 4.69) is 10.6 Å². The molecular formula is C27H30ClN3O4. The molecule has 1 heterocycles. The van der Waals surface area contributed by atoms with Crippen molar-refractivity contribution < 1.29 is 19.5 Å². The van der Waals surface area contributed by atoms with Gasteiger partial charge >= 0.3 is 0 Å². The second-order valence-electron chi connectivity index (χ2n) is 8.97. The largest absolute Gasteiger partial charge is 0.394 e. The van der Waals surface area contributed by atoms with Gasteiger partial charge < -0.3 is 20.6 Å². The van der Waals surface area contributed by atoms with Crippen LogP contribution in [0.1, 0.15) is 24.9 Å². The van der Waals surface area contributed by atoms with Crippen molar-refractivity contribution in [2.24, 2.45) is 23.7 Å². The van der Waals surface area contributed by atoms with Crippen molar-refractivity contribution in [3.05, 3.63) is 77.3 Å². The zero-order chi connectivity index (χ0) is 25.1. The molecule has 1 aliphatic heterocycles. The summed E-state index contributed by atoms with van der Waals surface area (Å²) in [6.07, 6.45) is 4.53. The van der Waals surface area contributed by atoms with E-state index in [1.165, 1.54) is 4.90 Å². The fourth-order valence-electron chi connectivity index (χ4n) is 5.49. The molecule has 0 radical (unpaired) electrons. The van der Waals surface area contributed by atoms with Crippen molar-refractivity contribution in [2.75, 3.05) is 19.0 Å². The molecule has 2 aromatic carbocycles. The topological polar surface area (TPSA) is 98.7 Å². The Kier molecular flexibility index (Phi) is 7.57. The Hall–Kier alpha value is -3.16. The van der Waals surface area contributed by atoms with Crippen molar-refractivity contribution in [3.8, 4) is 0 Å². The molecule has 35 heavy (non-hydrogen) atoms. The smallest absolute Gasteiger partial charge is 0.247 e. The number of fused-ring (bicyclic) bond motifs is 1.